The number of carbonyl (C=O) groups excluding carboxylic acids is 2. The van der Waals surface area contributed by atoms with Crippen molar-refractivity contribution in [3.05, 3.63) is 88.9 Å². The molecule has 1 aliphatic heterocycles. The standard InChI is InChI=1S/C29H30N4O2/c1-5-22-26(18(2)34)27(28-23(30-22)15-29(3,4)16-25(28)35)20-13-11-19(12-14-20)24-17-33(32-31-24)21-9-7-6-8-10-21/h6-14,17,27,30H,5,15-16H2,1-4H3. The molecular formula is C29H30N4O2. The Morgan fingerprint density at radius 3 is 2.46 bits per heavy atom. The fourth-order valence-electron chi connectivity index (χ4n) is 5.33. The van der Waals surface area contributed by atoms with Gasteiger partial charge in [-0.1, -0.05) is 68.4 Å². The summed E-state index contributed by atoms with van der Waals surface area (Å²) < 4.78 is 1.75. The zero-order valence-corrected chi connectivity index (χ0v) is 20.6. The van der Waals surface area contributed by atoms with Crippen LogP contribution in [0.15, 0.2) is 83.3 Å². The van der Waals surface area contributed by atoms with Gasteiger partial charge >= 0.3 is 0 Å². The number of nitrogens with zero attached hydrogens (tertiary/aromatic N) is 3. The van der Waals surface area contributed by atoms with Crippen molar-refractivity contribution in [2.45, 2.75) is 52.9 Å². The van der Waals surface area contributed by atoms with Gasteiger partial charge in [0.2, 0.25) is 0 Å². The minimum atomic E-state index is -0.351. The number of para-hydroxylation sites is 1. The van der Waals surface area contributed by atoms with Crippen LogP contribution in [-0.2, 0) is 9.59 Å². The first kappa shape index (κ1) is 23.0. The second kappa shape index (κ2) is 8.77. The van der Waals surface area contributed by atoms with E-state index >= 15 is 0 Å². The quantitative estimate of drug-likeness (QED) is 0.536. The molecule has 2 aliphatic rings. The van der Waals surface area contributed by atoms with E-state index in [9.17, 15) is 9.59 Å². The average Bonchev–Trinajstić information content (AvgIpc) is 3.33. The highest BCUT2D eigenvalue weighted by molar-refractivity contribution is 6.05. The maximum absolute atomic E-state index is 13.4. The summed E-state index contributed by atoms with van der Waals surface area (Å²) in [6.45, 7) is 7.89. The topological polar surface area (TPSA) is 76.9 Å². The van der Waals surface area contributed by atoms with E-state index in [0.717, 1.165) is 45.9 Å². The van der Waals surface area contributed by atoms with Crippen LogP contribution >= 0.6 is 0 Å². The predicted octanol–water partition coefficient (Wildman–Crippen LogP) is 5.52. The minimum absolute atomic E-state index is 0.00147. The number of rotatable bonds is 5. The predicted molar refractivity (Wildman–Crippen MR) is 136 cm³/mol. The number of dihydropyridines is 1. The van der Waals surface area contributed by atoms with Gasteiger partial charge in [-0.15, -0.1) is 5.10 Å². The number of allylic oxidation sites excluding steroid dienone is 4. The van der Waals surface area contributed by atoms with Crippen molar-refractivity contribution in [1.29, 1.82) is 0 Å². The van der Waals surface area contributed by atoms with Gasteiger partial charge < -0.3 is 5.32 Å². The van der Waals surface area contributed by atoms with Crippen molar-refractivity contribution in [2.75, 3.05) is 0 Å². The number of benzene rings is 2. The molecule has 0 bridgehead atoms. The van der Waals surface area contributed by atoms with Crippen LogP contribution in [0.1, 0.15) is 58.4 Å². The number of aromatic nitrogens is 3. The Kier molecular flexibility index (Phi) is 5.75. The van der Waals surface area contributed by atoms with Crippen LogP contribution in [0.3, 0.4) is 0 Å². The summed E-state index contributed by atoms with van der Waals surface area (Å²) in [5.41, 5.74) is 6.80. The summed E-state index contributed by atoms with van der Waals surface area (Å²) in [7, 11) is 0. The number of carbonyl (C=O) groups is 2. The lowest BCUT2D eigenvalue weighted by molar-refractivity contribution is -0.118. The molecule has 5 rings (SSSR count). The lowest BCUT2D eigenvalue weighted by atomic mass is 9.68. The molecule has 35 heavy (non-hydrogen) atoms. The largest absolute Gasteiger partial charge is 0.362 e. The Bertz CT molecular complexity index is 1360. The maximum Gasteiger partial charge on any atom is 0.162 e. The second-order valence-electron chi connectivity index (χ2n) is 10.2. The zero-order valence-electron chi connectivity index (χ0n) is 20.6. The Morgan fingerprint density at radius 2 is 1.80 bits per heavy atom. The van der Waals surface area contributed by atoms with E-state index in [2.05, 4.69) is 29.5 Å². The molecule has 1 atom stereocenters. The SMILES string of the molecule is CCC1=C(C(C)=O)C(c2ccc(-c3cn(-c4ccccc4)nn3)cc2)C2=C(CC(C)(C)CC2=O)N1. The Balaban J connectivity index is 1.54. The number of hydrogen-bond donors (Lipinski definition) is 1. The third kappa shape index (κ3) is 4.25. The molecule has 0 saturated carbocycles. The first-order chi connectivity index (χ1) is 16.8. The zero-order chi connectivity index (χ0) is 24.7. The molecule has 0 saturated heterocycles. The molecule has 6 heteroatoms. The van der Waals surface area contributed by atoms with E-state index in [1.54, 1.807) is 11.6 Å². The van der Waals surface area contributed by atoms with Crippen molar-refractivity contribution in [3.8, 4) is 16.9 Å². The third-order valence-electron chi connectivity index (χ3n) is 6.91. The van der Waals surface area contributed by atoms with Gasteiger partial charge in [-0.05, 0) is 42.9 Å². The summed E-state index contributed by atoms with van der Waals surface area (Å²) >= 11 is 0. The normalized spacial score (nSPS) is 19.4. The highest BCUT2D eigenvalue weighted by atomic mass is 16.1. The molecule has 2 heterocycles. The Labute approximate surface area is 205 Å². The molecule has 178 valence electrons. The number of Topliss-reactive ketones (excluding diaryl/α,β-unsaturated/α-hetero) is 2. The molecule has 0 radical (unpaired) electrons. The van der Waals surface area contributed by atoms with Crippen molar-refractivity contribution in [2.24, 2.45) is 5.41 Å². The molecule has 0 amide bonds. The summed E-state index contributed by atoms with van der Waals surface area (Å²) in [4.78, 5) is 26.2. The molecule has 1 aliphatic carbocycles. The number of ketones is 2. The van der Waals surface area contributed by atoms with Crippen molar-refractivity contribution < 1.29 is 9.59 Å². The summed E-state index contributed by atoms with van der Waals surface area (Å²) in [6.07, 6.45) is 3.88. The van der Waals surface area contributed by atoms with E-state index in [4.69, 9.17) is 0 Å². The van der Waals surface area contributed by atoms with Crippen LogP contribution in [0.2, 0.25) is 0 Å². The lowest BCUT2D eigenvalue weighted by Gasteiger charge is -2.40. The van der Waals surface area contributed by atoms with Crippen molar-refractivity contribution in [1.82, 2.24) is 20.3 Å². The molecule has 1 N–H and O–H groups in total. The summed E-state index contributed by atoms with van der Waals surface area (Å²) in [5, 5.41) is 12.1. The van der Waals surface area contributed by atoms with Crippen LogP contribution in [0.25, 0.3) is 16.9 Å². The highest BCUT2D eigenvalue weighted by Gasteiger charge is 2.42. The summed E-state index contributed by atoms with van der Waals surface area (Å²) in [6, 6.07) is 17.9. The molecule has 0 spiro atoms. The van der Waals surface area contributed by atoms with Crippen LogP contribution in [0.5, 0.6) is 0 Å². The summed E-state index contributed by atoms with van der Waals surface area (Å²) in [5.74, 6) is -0.229. The van der Waals surface area contributed by atoms with Crippen molar-refractivity contribution in [3.63, 3.8) is 0 Å². The van der Waals surface area contributed by atoms with Gasteiger partial charge in [-0.3, -0.25) is 9.59 Å². The van der Waals surface area contributed by atoms with Gasteiger partial charge in [0, 0.05) is 40.4 Å². The third-order valence-corrected chi connectivity index (χ3v) is 6.91. The molecule has 2 aromatic carbocycles. The molecule has 3 aromatic rings. The molecular weight excluding hydrogens is 436 g/mol. The van der Waals surface area contributed by atoms with E-state index in [1.807, 2.05) is 67.7 Å². The lowest BCUT2D eigenvalue weighted by Crippen LogP contribution is -2.38. The highest BCUT2D eigenvalue weighted by Crippen LogP contribution is 2.47. The van der Waals surface area contributed by atoms with Gasteiger partial charge in [-0.25, -0.2) is 4.68 Å². The number of hydrogen-bond acceptors (Lipinski definition) is 5. The fourth-order valence-corrected chi connectivity index (χ4v) is 5.33. The van der Waals surface area contributed by atoms with Crippen molar-refractivity contribution >= 4 is 11.6 Å². The van der Waals surface area contributed by atoms with Gasteiger partial charge in [0.05, 0.1) is 11.9 Å². The Hall–Kier alpha value is -3.80. The van der Waals surface area contributed by atoms with Gasteiger partial charge in [0.1, 0.15) is 5.69 Å². The van der Waals surface area contributed by atoms with E-state index < -0.39 is 0 Å². The molecule has 0 fully saturated rings. The van der Waals surface area contributed by atoms with Crippen LogP contribution < -0.4 is 5.32 Å². The molecule has 1 aromatic heterocycles. The first-order valence-electron chi connectivity index (χ1n) is 12.1. The first-order valence-corrected chi connectivity index (χ1v) is 12.1. The monoisotopic (exact) mass is 466 g/mol. The van der Waals surface area contributed by atoms with Crippen LogP contribution in [-0.4, -0.2) is 26.6 Å². The second-order valence-corrected chi connectivity index (χ2v) is 10.2. The average molecular weight is 467 g/mol. The van der Waals surface area contributed by atoms with Gasteiger partial charge in [-0.2, -0.15) is 0 Å². The van der Waals surface area contributed by atoms with E-state index in [-0.39, 0.29) is 22.9 Å². The van der Waals surface area contributed by atoms with Gasteiger partial charge in [0.25, 0.3) is 0 Å². The molecule has 1 unspecified atom stereocenters. The van der Waals surface area contributed by atoms with Crippen LogP contribution in [0, 0.1) is 5.41 Å². The number of nitrogens with one attached hydrogen (secondary N) is 1. The smallest absolute Gasteiger partial charge is 0.162 e. The van der Waals surface area contributed by atoms with Crippen LogP contribution in [0.4, 0.5) is 0 Å². The van der Waals surface area contributed by atoms with E-state index in [0.29, 0.717) is 18.4 Å². The molecule has 6 nitrogen and oxygen atoms in total. The maximum atomic E-state index is 13.4. The fraction of sp³-hybridized carbons (Fsp3) is 0.310. The minimum Gasteiger partial charge on any atom is -0.362 e. The Morgan fingerprint density at radius 1 is 1.09 bits per heavy atom. The van der Waals surface area contributed by atoms with Gasteiger partial charge in [0.15, 0.2) is 11.6 Å². The van der Waals surface area contributed by atoms with E-state index in [1.165, 1.54) is 0 Å².